The SMILES string of the molecule is O=C(O)C[C@@H](NC(=O)C(F)(F)F)c1cc(F)ccc1F. The lowest BCUT2D eigenvalue weighted by atomic mass is 10.0. The van der Waals surface area contributed by atoms with E-state index in [1.54, 1.807) is 0 Å². The third-order valence-electron chi connectivity index (χ3n) is 2.27. The van der Waals surface area contributed by atoms with Crippen LogP contribution < -0.4 is 5.32 Å². The van der Waals surface area contributed by atoms with Gasteiger partial charge in [-0.05, 0) is 18.2 Å². The number of halogens is 5. The lowest BCUT2D eigenvalue weighted by molar-refractivity contribution is -0.174. The van der Waals surface area contributed by atoms with Crippen molar-refractivity contribution in [1.82, 2.24) is 5.32 Å². The molecule has 1 amide bonds. The van der Waals surface area contributed by atoms with Crippen LogP contribution in [0.15, 0.2) is 18.2 Å². The number of aliphatic carboxylic acids is 1. The van der Waals surface area contributed by atoms with E-state index in [0.29, 0.717) is 18.2 Å². The molecule has 9 heteroatoms. The molecule has 2 N–H and O–H groups in total. The van der Waals surface area contributed by atoms with Crippen molar-refractivity contribution in [2.75, 3.05) is 0 Å². The molecule has 110 valence electrons. The minimum absolute atomic E-state index is 0.527. The topological polar surface area (TPSA) is 66.4 Å². The summed E-state index contributed by atoms with van der Waals surface area (Å²) in [6.45, 7) is 0. The molecule has 0 aromatic heterocycles. The van der Waals surface area contributed by atoms with Crippen molar-refractivity contribution in [3.05, 3.63) is 35.4 Å². The number of rotatable bonds is 4. The Bertz CT molecular complexity index is 529. The van der Waals surface area contributed by atoms with E-state index in [4.69, 9.17) is 5.11 Å². The molecule has 0 spiro atoms. The summed E-state index contributed by atoms with van der Waals surface area (Å²) in [6.07, 6.45) is -6.29. The fraction of sp³-hybridized carbons (Fsp3) is 0.273. The summed E-state index contributed by atoms with van der Waals surface area (Å²) in [6, 6.07) is 0.0264. The van der Waals surface area contributed by atoms with Crippen molar-refractivity contribution < 1.29 is 36.6 Å². The average Bonchev–Trinajstić information content (AvgIpc) is 2.29. The smallest absolute Gasteiger partial charge is 0.471 e. The number of carboxylic acid groups (broad SMARTS) is 1. The zero-order valence-corrected chi connectivity index (χ0v) is 9.67. The van der Waals surface area contributed by atoms with Crippen LogP contribution in [0, 0.1) is 11.6 Å². The molecule has 4 nitrogen and oxygen atoms in total. The van der Waals surface area contributed by atoms with Gasteiger partial charge in [-0.25, -0.2) is 8.78 Å². The van der Waals surface area contributed by atoms with Crippen LogP contribution in [0.2, 0.25) is 0 Å². The molecule has 1 rings (SSSR count). The molecule has 0 heterocycles. The largest absolute Gasteiger partial charge is 0.481 e. The van der Waals surface area contributed by atoms with Gasteiger partial charge in [0.2, 0.25) is 0 Å². The third-order valence-corrected chi connectivity index (χ3v) is 2.27. The van der Waals surface area contributed by atoms with Crippen LogP contribution in [0.1, 0.15) is 18.0 Å². The van der Waals surface area contributed by atoms with Gasteiger partial charge in [0.15, 0.2) is 0 Å². The Morgan fingerprint density at radius 2 is 1.85 bits per heavy atom. The minimum atomic E-state index is -5.26. The summed E-state index contributed by atoms with van der Waals surface area (Å²) in [4.78, 5) is 21.3. The van der Waals surface area contributed by atoms with Gasteiger partial charge in [0, 0.05) is 5.56 Å². The number of hydrogen-bond donors (Lipinski definition) is 2. The molecule has 0 radical (unpaired) electrons. The summed E-state index contributed by atoms with van der Waals surface area (Å²) >= 11 is 0. The predicted molar refractivity (Wildman–Crippen MR) is 55.5 cm³/mol. The van der Waals surface area contributed by atoms with Crippen molar-refractivity contribution in [3.8, 4) is 0 Å². The van der Waals surface area contributed by atoms with Crippen LogP contribution in [0.3, 0.4) is 0 Å². The van der Waals surface area contributed by atoms with Gasteiger partial charge in [0.25, 0.3) is 0 Å². The van der Waals surface area contributed by atoms with E-state index in [2.05, 4.69) is 0 Å². The Labute approximate surface area is 109 Å². The summed E-state index contributed by atoms with van der Waals surface area (Å²) < 4.78 is 62.7. The zero-order chi connectivity index (χ0) is 15.5. The fourth-order valence-corrected chi connectivity index (χ4v) is 1.44. The van der Waals surface area contributed by atoms with Crippen LogP contribution in [-0.4, -0.2) is 23.2 Å². The first-order valence-electron chi connectivity index (χ1n) is 5.15. The standard InChI is InChI=1S/C11H8F5NO3/c12-5-1-2-7(13)6(3-5)8(4-9(18)19)17-10(20)11(14,15)16/h1-3,8H,4H2,(H,17,20)(H,18,19)/t8-/m1/s1. The van der Waals surface area contributed by atoms with Gasteiger partial charge in [0.05, 0.1) is 12.5 Å². The lowest BCUT2D eigenvalue weighted by Gasteiger charge is -2.19. The van der Waals surface area contributed by atoms with Crippen LogP contribution in [0.4, 0.5) is 22.0 Å². The summed E-state index contributed by atoms with van der Waals surface area (Å²) in [5.41, 5.74) is -0.676. The van der Waals surface area contributed by atoms with Crippen LogP contribution in [0.25, 0.3) is 0 Å². The number of alkyl halides is 3. The highest BCUT2D eigenvalue weighted by molar-refractivity contribution is 5.82. The van der Waals surface area contributed by atoms with Crippen molar-refractivity contribution >= 4 is 11.9 Å². The van der Waals surface area contributed by atoms with Gasteiger partial charge in [-0.15, -0.1) is 0 Å². The first kappa shape index (κ1) is 15.9. The number of amides is 1. The molecule has 0 bridgehead atoms. The summed E-state index contributed by atoms with van der Waals surface area (Å²) in [5.74, 6) is -6.12. The molecular weight excluding hydrogens is 289 g/mol. The van der Waals surface area contributed by atoms with E-state index in [1.807, 2.05) is 0 Å². The van der Waals surface area contributed by atoms with Crippen molar-refractivity contribution in [1.29, 1.82) is 0 Å². The third kappa shape index (κ3) is 4.18. The first-order valence-corrected chi connectivity index (χ1v) is 5.15. The number of carboxylic acids is 1. The van der Waals surface area contributed by atoms with E-state index >= 15 is 0 Å². The predicted octanol–water partition coefficient (Wildman–Crippen LogP) is 2.16. The molecule has 0 fully saturated rings. The maximum Gasteiger partial charge on any atom is 0.471 e. The highest BCUT2D eigenvalue weighted by Crippen LogP contribution is 2.24. The number of carbonyl (C=O) groups excluding carboxylic acids is 1. The quantitative estimate of drug-likeness (QED) is 0.837. The van der Waals surface area contributed by atoms with Crippen molar-refractivity contribution in [2.24, 2.45) is 0 Å². The molecule has 0 saturated heterocycles. The monoisotopic (exact) mass is 297 g/mol. The van der Waals surface area contributed by atoms with E-state index < -0.39 is 47.7 Å². The maximum absolute atomic E-state index is 13.4. The Balaban J connectivity index is 3.09. The van der Waals surface area contributed by atoms with Crippen LogP contribution >= 0.6 is 0 Å². The molecule has 0 aliphatic carbocycles. The van der Waals surface area contributed by atoms with Gasteiger partial charge in [-0.2, -0.15) is 13.2 Å². The van der Waals surface area contributed by atoms with Crippen molar-refractivity contribution in [2.45, 2.75) is 18.6 Å². The van der Waals surface area contributed by atoms with Crippen molar-refractivity contribution in [3.63, 3.8) is 0 Å². The average molecular weight is 297 g/mol. The number of carbonyl (C=O) groups is 2. The molecule has 1 aromatic rings. The molecule has 1 atom stereocenters. The Morgan fingerprint density at radius 1 is 1.25 bits per heavy atom. The Morgan fingerprint density at radius 3 is 2.35 bits per heavy atom. The second-order valence-electron chi connectivity index (χ2n) is 3.79. The van der Waals surface area contributed by atoms with Gasteiger partial charge in [-0.1, -0.05) is 0 Å². The van der Waals surface area contributed by atoms with E-state index in [9.17, 15) is 31.5 Å². The van der Waals surface area contributed by atoms with Crippen LogP contribution in [0.5, 0.6) is 0 Å². The number of hydrogen-bond acceptors (Lipinski definition) is 2. The van der Waals surface area contributed by atoms with Crippen LogP contribution in [-0.2, 0) is 9.59 Å². The molecular formula is C11H8F5NO3. The molecule has 0 aliphatic heterocycles. The first-order chi connectivity index (χ1) is 9.11. The van der Waals surface area contributed by atoms with Gasteiger partial charge < -0.3 is 10.4 Å². The van der Waals surface area contributed by atoms with Gasteiger partial charge in [-0.3, -0.25) is 9.59 Å². The normalized spacial score (nSPS) is 12.8. The summed E-state index contributed by atoms with van der Waals surface area (Å²) in [5, 5.41) is 9.89. The van der Waals surface area contributed by atoms with E-state index in [-0.39, 0.29) is 0 Å². The number of nitrogens with one attached hydrogen (secondary N) is 1. The molecule has 0 unspecified atom stereocenters. The van der Waals surface area contributed by atoms with Gasteiger partial charge >= 0.3 is 18.1 Å². The molecule has 1 aromatic carbocycles. The highest BCUT2D eigenvalue weighted by Gasteiger charge is 2.40. The van der Waals surface area contributed by atoms with Gasteiger partial charge in [0.1, 0.15) is 11.6 Å². The second kappa shape index (κ2) is 5.85. The van der Waals surface area contributed by atoms with E-state index in [0.717, 1.165) is 0 Å². The zero-order valence-electron chi connectivity index (χ0n) is 9.67. The second-order valence-corrected chi connectivity index (χ2v) is 3.79. The maximum atomic E-state index is 13.4. The Kier molecular flexibility index (Phi) is 4.64. The van der Waals surface area contributed by atoms with E-state index in [1.165, 1.54) is 5.32 Å². The number of benzene rings is 1. The highest BCUT2D eigenvalue weighted by atomic mass is 19.4. The minimum Gasteiger partial charge on any atom is -0.481 e. The molecule has 20 heavy (non-hydrogen) atoms. The molecule has 0 saturated carbocycles. The lowest BCUT2D eigenvalue weighted by Crippen LogP contribution is -2.40. The summed E-state index contributed by atoms with van der Waals surface area (Å²) in [7, 11) is 0. The Hall–Kier alpha value is -2.19. The fourth-order valence-electron chi connectivity index (χ4n) is 1.44. The molecule has 0 aliphatic rings.